The number of nitrogens with one attached hydrogen (secondary N) is 5. The zero-order chi connectivity index (χ0) is 34.6. The van der Waals surface area contributed by atoms with Crippen LogP contribution in [0.5, 0.6) is 0 Å². The number of urea groups is 1. The lowest BCUT2D eigenvalue weighted by molar-refractivity contribution is -0.123. The summed E-state index contributed by atoms with van der Waals surface area (Å²) in [6.07, 6.45) is 8.52. The molecule has 3 aliphatic rings. The van der Waals surface area contributed by atoms with Crippen molar-refractivity contribution in [2.75, 3.05) is 31.1 Å². The molecular weight excluding hydrogens is 654 g/mol. The van der Waals surface area contributed by atoms with Crippen LogP contribution in [0.4, 0.5) is 10.6 Å². The molecule has 49 heavy (non-hydrogen) atoms. The first-order valence-electron chi connectivity index (χ1n) is 17.4. The predicted molar refractivity (Wildman–Crippen MR) is 182 cm³/mol. The normalized spacial score (nSPS) is 24.4. The molecule has 5 rings (SSSR count). The molecule has 0 bridgehead atoms. The summed E-state index contributed by atoms with van der Waals surface area (Å²) in [5, 5.41) is 33.6. The summed E-state index contributed by atoms with van der Waals surface area (Å²) < 4.78 is 7.39. The van der Waals surface area contributed by atoms with Crippen LogP contribution < -0.4 is 32.3 Å². The van der Waals surface area contributed by atoms with Gasteiger partial charge in [0.25, 0.3) is 0 Å². The standard InChI is InChI=1S/C31H49N11O6S/c32-29-28-30(37-18-36-29)42(41-40-28)26-15-20(43)21(48-26)16-35-25(46)11-4-2-8-13-33-23(44)10-3-1-7-14-34-24(45)12-6-5-9-22-27-19(17-49-22)38-31(47)39-27/h18-22,26-27,43H,1-17H2,(H,33,44)(H,34,45)(H,35,46)(H2,32,36,37)(H2,38,39,47)/t19-,20-,21+,22-,26?,27-/m0/s1. The minimum Gasteiger partial charge on any atom is -0.390 e. The van der Waals surface area contributed by atoms with Crippen molar-refractivity contribution in [3.63, 3.8) is 0 Å². The number of rotatable bonds is 20. The Morgan fingerprint density at radius 2 is 1.61 bits per heavy atom. The molecule has 6 atom stereocenters. The highest BCUT2D eigenvalue weighted by Gasteiger charge is 2.42. The average molecular weight is 704 g/mol. The second-order valence-electron chi connectivity index (χ2n) is 12.9. The van der Waals surface area contributed by atoms with Crippen LogP contribution in [0.2, 0.25) is 0 Å². The molecule has 0 spiro atoms. The third kappa shape index (κ3) is 10.6. The number of anilines is 1. The van der Waals surface area contributed by atoms with Crippen molar-refractivity contribution < 1.29 is 29.0 Å². The first kappa shape index (κ1) is 36.5. The molecule has 18 heteroatoms. The van der Waals surface area contributed by atoms with Gasteiger partial charge in [-0.05, 0) is 38.5 Å². The van der Waals surface area contributed by atoms with E-state index in [9.17, 15) is 24.3 Å². The van der Waals surface area contributed by atoms with E-state index < -0.39 is 18.4 Å². The summed E-state index contributed by atoms with van der Waals surface area (Å²) in [6, 6.07) is 0.379. The van der Waals surface area contributed by atoms with E-state index in [2.05, 4.69) is 46.9 Å². The van der Waals surface area contributed by atoms with E-state index in [1.54, 1.807) is 0 Å². The van der Waals surface area contributed by atoms with Gasteiger partial charge in [0, 0.05) is 56.3 Å². The molecule has 1 unspecified atom stereocenters. The van der Waals surface area contributed by atoms with Crippen molar-refractivity contribution >= 4 is 52.5 Å². The van der Waals surface area contributed by atoms with Gasteiger partial charge in [-0.15, -0.1) is 5.10 Å². The zero-order valence-corrected chi connectivity index (χ0v) is 28.6. The quantitative estimate of drug-likeness (QED) is 0.0743. The third-order valence-corrected chi connectivity index (χ3v) is 10.7. The summed E-state index contributed by atoms with van der Waals surface area (Å²) in [5.41, 5.74) is 6.59. The van der Waals surface area contributed by atoms with Crippen molar-refractivity contribution in [2.24, 2.45) is 0 Å². The van der Waals surface area contributed by atoms with Gasteiger partial charge < -0.3 is 42.2 Å². The molecule has 5 amide bonds. The molecule has 0 radical (unpaired) electrons. The van der Waals surface area contributed by atoms with Gasteiger partial charge in [-0.3, -0.25) is 14.4 Å². The van der Waals surface area contributed by atoms with Crippen molar-refractivity contribution in [1.82, 2.24) is 51.5 Å². The maximum absolute atomic E-state index is 12.3. The van der Waals surface area contributed by atoms with Gasteiger partial charge in [0.1, 0.15) is 12.4 Å². The first-order chi connectivity index (χ1) is 23.8. The van der Waals surface area contributed by atoms with Crippen molar-refractivity contribution in [3.8, 4) is 0 Å². The van der Waals surface area contributed by atoms with Crippen LogP contribution in [0.15, 0.2) is 6.33 Å². The van der Waals surface area contributed by atoms with Gasteiger partial charge in [0.05, 0.1) is 18.2 Å². The number of thioether (sulfide) groups is 1. The van der Waals surface area contributed by atoms with Crippen molar-refractivity contribution in [2.45, 2.75) is 119 Å². The predicted octanol–water partition coefficient (Wildman–Crippen LogP) is 0.647. The van der Waals surface area contributed by atoms with Crippen LogP contribution >= 0.6 is 11.8 Å². The van der Waals surface area contributed by atoms with Crippen LogP contribution in [0.1, 0.15) is 89.7 Å². The minimum absolute atomic E-state index is 0.0182. The lowest BCUT2D eigenvalue weighted by Gasteiger charge is -2.16. The highest BCUT2D eigenvalue weighted by molar-refractivity contribution is 8.00. The maximum Gasteiger partial charge on any atom is 0.315 e. The number of hydrogen-bond acceptors (Lipinski definition) is 12. The molecular formula is C31H49N11O6S. The SMILES string of the molecule is Nc1ncnc2c1nnn2C1C[C@H](O)[C@@H](CNC(=O)CCCCCNC(=O)CCCCCNC(=O)CCCC[C@@H]2SC[C@@H]3NC(=O)N[C@@H]32)O1. The Labute approximate surface area is 289 Å². The Morgan fingerprint density at radius 3 is 2.33 bits per heavy atom. The molecule has 17 nitrogen and oxygen atoms in total. The number of aliphatic hydroxyl groups excluding tert-OH is 1. The molecule has 270 valence electrons. The molecule has 3 aliphatic heterocycles. The molecule has 8 N–H and O–H groups in total. The van der Waals surface area contributed by atoms with E-state index in [1.165, 1.54) is 11.0 Å². The van der Waals surface area contributed by atoms with Crippen LogP contribution in [-0.4, -0.2) is 109 Å². The smallest absolute Gasteiger partial charge is 0.315 e. The number of carbonyl (C=O) groups excluding carboxylic acids is 4. The molecule has 0 aromatic carbocycles. The van der Waals surface area contributed by atoms with Crippen LogP contribution in [0.3, 0.4) is 0 Å². The lowest BCUT2D eigenvalue weighted by Crippen LogP contribution is -2.37. The van der Waals surface area contributed by atoms with Crippen molar-refractivity contribution in [3.05, 3.63) is 6.33 Å². The fraction of sp³-hybridized carbons (Fsp3) is 0.742. The van der Waals surface area contributed by atoms with Crippen LogP contribution in [0, 0.1) is 0 Å². The number of nitrogens with two attached hydrogens (primary N) is 1. The number of ether oxygens (including phenoxy) is 1. The molecule has 5 heterocycles. The monoisotopic (exact) mass is 703 g/mol. The Bertz CT molecular complexity index is 1430. The minimum atomic E-state index is -0.785. The molecule has 3 saturated heterocycles. The number of fused-ring (bicyclic) bond motifs is 2. The van der Waals surface area contributed by atoms with E-state index >= 15 is 0 Å². The fourth-order valence-corrected chi connectivity index (χ4v) is 7.95. The lowest BCUT2D eigenvalue weighted by atomic mass is 10.0. The van der Waals surface area contributed by atoms with Gasteiger partial charge in [-0.2, -0.15) is 16.4 Å². The molecule has 0 aliphatic carbocycles. The number of aliphatic hydroxyl groups is 1. The number of nitrogen functional groups attached to an aromatic ring is 1. The maximum atomic E-state index is 12.3. The van der Waals surface area contributed by atoms with Crippen molar-refractivity contribution in [1.29, 1.82) is 0 Å². The Morgan fingerprint density at radius 1 is 0.939 bits per heavy atom. The second kappa shape index (κ2) is 18.3. The van der Waals surface area contributed by atoms with Gasteiger partial charge >= 0.3 is 6.03 Å². The van der Waals surface area contributed by atoms with Crippen LogP contribution in [0.25, 0.3) is 11.2 Å². The highest BCUT2D eigenvalue weighted by atomic mass is 32.2. The molecule has 2 aromatic rings. The number of hydrogen-bond donors (Lipinski definition) is 7. The third-order valence-electron chi connectivity index (χ3n) is 9.15. The average Bonchev–Trinajstić information content (AvgIpc) is 3.85. The van der Waals surface area contributed by atoms with E-state index in [0.717, 1.165) is 57.1 Å². The van der Waals surface area contributed by atoms with Gasteiger partial charge in [-0.25, -0.2) is 14.8 Å². The van der Waals surface area contributed by atoms with Crippen LogP contribution in [-0.2, 0) is 19.1 Å². The number of aromatic nitrogens is 5. The summed E-state index contributed by atoms with van der Waals surface area (Å²) in [4.78, 5) is 56.1. The summed E-state index contributed by atoms with van der Waals surface area (Å²) in [6.45, 7) is 1.36. The second-order valence-corrected chi connectivity index (χ2v) is 14.2. The number of unbranched alkanes of at least 4 members (excludes halogenated alkanes) is 5. The summed E-state index contributed by atoms with van der Waals surface area (Å²) >= 11 is 1.90. The Hall–Kier alpha value is -3.77. The highest BCUT2D eigenvalue weighted by Crippen LogP contribution is 2.33. The van der Waals surface area contributed by atoms with Gasteiger partial charge in [0.15, 0.2) is 23.2 Å². The molecule has 2 aromatic heterocycles. The topological polar surface area (TPSA) is 240 Å². The van der Waals surface area contributed by atoms with E-state index in [0.29, 0.717) is 55.2 Å². The first-order valence-corrected chi connectivity index (χ1v) is 18.5. The Balaban J connectivity index is 0.803. The largest absolute Gasteiger partial charge is 0.390 e. The molecule has 3 fully saturated rings. The fourth-order valence-electron chi connectivity index (χ4n) is 6.41. The zero-order valence-electron chi connectivity index (χ0n) is 27.8. The van der Waals surface area contributed by atoms with E-state index in [-0.39, 0.29) is 54.6 Å². The summed E-state index contributed by atoms with van der Waals surface area (Å²) in [5.74, 6) is 1.13. The van der Waals surface area contributed by atoms with E-state index in [4.69, 9.17) is 10.5 Å². The Kier molecular flexibility index (Phi) is 13.6. The van der Waals surface area contributed by atoms with Gasteiger partial charge in [0.2, 0.25) is 17.7 Å². The number of nitrogens with zero attached hydrogens (tertiary/aromatic N) is 5. The number of amides is 5. The van der Waals surface area contributed by atoms with Gasteiger partial charge in [-0.1, -0.05) is 24.5 Å². The number of carbonyl (C=O) groups is 4. The summed E-state index contributed by atoms with van der Waals surface area (Å²) in [7, 11) is 0. The van der Waals surface area contributed by atoms with E-state index in [1.807, 2.05) is 11.8 Å². The molecule has 0 saturated carbocycles.